The van der Waals surface area contributed by atoms with E-state index >= 15 is 0 Å². The maximum absolute atomic E-state index is 11.8. The molecule has 0 aliphatic carbocycles. The maximum Gasteiger partial charge on any atom is 0.303 e. The first-order chi connectivity index (χ1) is 8.43. The quantitative estimate of drug-likeness (QED) is 0.778. The molecular weight excluding hydrogens is 236 g/mol. The van der Waals surface area contributed by atoms with Gasteiger partial charge >= 0.3 is 5.97 Å². The predicted molar refractivity (Wildman–Crippen MR) is 65.7 cm³/mol. The SMILES string of the molecule is COC(C)Cc1nc(C)c(CCC(=O)O)c(=O)[nH]1. The standard InChI is InChI=1S/C12H18N2O4/c1-7(18-3)6-10-13-8(2)9(12(17)14-10)4-5-11(15)16/h7H,4-6H2,1-3H3,(H,15,16)(H,13,14,17). The number of hydrogen-bond donors (Lipinski definition) is 2. The molecule has 0 bridgehead atoms. The van der Waals surface area contributed by atoms with E-state index in [2.05, 4.69) is 9.97 Å². The van der Waals surface area contributed by atoms with Gasteiger partial charge in [0.05, 0.1) is 6.10 Å². The Hall–Kier alpha value is -1.69. The van der Waals surface area contributed by atoms with Gasteiger partial charge in [0.15, 0.2) is 0 Å². The highest BCUT2D eigenvalue weighted by Gasteiger charge is 2.11. The molecule has 2 N–H and O–H groups in total. The fraction of sp³-hybridized carbons (Fsp3) is 0.583. The molecule has 0 amide bonds. The van der Waals surface area contributed by atoms with E-state index in [0.717, 1.165) is 0 Å². The number of aryl methyl sites for hydroxylation is 1. The summed E-state index contributed by atoms with van der Waals surface area (Å²) >= 11 is 0. The predicted octanol–water partition coefficient (Wildman–Crippen LogP) is 0.673. The first kappa shape index (κ1) is 14.4. The molecule has 0 radical (unpaired) electrons. The van der Waals surface area contributed by atoms with Gasteiger partial charge < -0.3 is 14.8 Å². The summed E-state index contributed by atoms with van der Waals surface area (Å²) in [5, 5.41) is 8.61. The Labute approximate surface area is 105 Å². The Kier molecular flexibility index (Phi) is 5.03. The number of nitrogens with one attached hydrogen (secondary N) is 1. The second-order valence-electron chi connectivity index (χ2n) is 4.22. The summed E-state index contributed by atoms with van der Waals surface area (Å²) in [6.07, 6.45) is 0.617. The Morgan fingerprint density at radius 2 is 2.22 bits per heavy atom. The van der Waals surface area contributed by atoms with Gasteiger partial charge in [-0.05, 0) is 20.3 Å². The van der Waals surface area contributed by atoms with E-state index in [1.54, 1.807) is 14.0 Å². The molecule has 100 valence electrons. The van der Waals surface area contributed by atoms with Gasteiger partial charge in [0.1, 0.15) is 5.82 Å². The molecule has 6 heteroatoms. The Morgan fingerprint density at radius 3 is 2.72 bits per heavy atom. The number of carboxylic acid groups (broad SMARTS) is 1. The molecule has 1 aromatic heterocycles. The summed E-state index contributed by atoms with van der Waals surface area (Å²) in [6, 6.07) is 0. The monoisotopic (exact) mass is 254 g/mol. The molecule has 18 heavy (non-hydrogen) atoms. The van der Waals surface area contributed by atoms with Crippen molar-refractivity contribution in [2.45, 2.75) is 39.2 Å². The van der Waals surface area contributed by atoms with E-state index in [9.17, 15) is 9.59 Å². The number of aromatic nitrogens is 2. The van der Waals surface area contributed by atoms with Crippen LogP contribution in [-0.2, 0) is 22.4 Å². The van der Waals surface area contributed by atoms with Crippen molar-refractivity contribution in [1.82, 2.24) is 9.97 Å². The number of aliphatic carboxylic acids is 1. The summed E-state index contributed by atoms with van der Waals surface area (Å²) in [5.74, 6) is -0.364. The van der Waals surface area contributed by atoms with Crippen molar-refractivity contribution < 1.29 is 14.6 Å². The van der Waals surface area contributed by atoms with Gasteiger partial charge in [-0.25, -0.2) is 4.98 Å². The number of rotatable bonds is 6. The lowest BCUT2D eigenvalue weighted by atomic mass is 10.1. The lowest BCUT2D eigenvalue weighted by Crippen LogP contribution is -2.22. The van der Waals surface area contributed by atoms with Crippen molar-refractivity contribution in [3.63, 3.8) is 0 Å². The number of aromatic amines is 1. The van der Waals surface area contributed by atoms with Crippen LogP contribution in [0, 0.1) is 6.92 Å². The van der Waals surface area contributed by atoms with E-state index in [1.807, 2.05) is 6.92 Å². The highest BCUT2D eigenvalue weighted by atomic mass is 16.5. The molecule has 6 nitrogen and oxygen atoms in total. The third-order valence-corrected chi connectivity index (χ3v) is 2.74. The van der Waals surface area contributed by atoms with Crippen molar-refractivity contribution in [3.05, 3.63) is 27.4 Å². The highest BCUT2D eigenvalue weighted by molar-refractivity contribution is 5.67. The average Bonchev–Trinajstić information content (AvgIpc) is 2.27. The van der Waals surface area contributed by atoms with E-state index < -0.39 is 5.97 Å². The normalized spacial score (nSPS) is 12.4. The van der Waals surface area contributed by atoms with Gasteiger partial charge in [0.25, 0.3) is 5.56 Å². The van der Waals surface area contributed by atoms with Crippen LogP contribution in [0.3, 0.4) is 0 Å². The highest BCUT2D eigenvalue weighted by Crippen LogP contribution is 2.05. The average molecular weight is 254 g/mol. The molecule has 0 saturated heterocycles. The van der Waals surface area contributed by atoms with Crippen LogP contribution in [0.2, 0.25) is 0 Å². The van der Waals surface area contributed by atoms with Gasteiger partial charge in [-0.15, -0.1) is 0 Å². The molecule has 1 aromatic rings. The summed E-state index contributed by atoms with van der Waals surface area (Å²) in [6.45, 7) is 3.60. The molecule has 0 aliphatic rings. The second-order valence-corrected chi connectivity index (χ2v) is 4.22. The minimum absolute atomic E-state index is 0.0302. The van der Waals surface area contributed by atoms with Crippen LogP contribution >= 0.6 is 0 Å². The first-order valence-electron chi connectivity index (χ1n) is 5.77. The van der Waals surface area contributed by atoms with Gasteiger partial charge in [0.2, 0.25) is 0 Å². The lowest BCUT2D eigenvalue weighted by Gasteiger charge is -2.10. The lowest BCUT2D eigenvalue weighted by molar-refractivity contribution is -0.136. The molecule has 0 aliphatic heterocycles. The Bertz CT molecular complexity index is 481. The van der Waals surface area contributed by atoms with Crippen molar-refractivity contribution in [1.29, 1.82) is 0 Å². The summed E-state index contributed by atoms with van der Waals surface area (Å²) in [7, 11) is 1.59. The third kappa shape index (κ3) is 3.96. The van der Waals surface area contributed by atoms with Gasteiger partial charge in [0, 0.05) is 31.2 Å². The number of carbonyl (C=O) groups is 1. The van der Waals surface area contributed by atoms with Gasteiger partial charge in [-0.3, -0.25) is 9.59 Å². The number of ether oxygens (including phenoxy) is 1. The molecule has 1 atom stereocenters. The van der Waals surface area contributed by atoms with Crippen molar-refractivity contribution in [3.8, 4) is 0 Å². The van der Waals surface area contributed by atoms with Crippen LogP contribution in [0.15, 0.2) is 4.79 Å². The summed E-state index contributed by atoms with van der Waals surface area (Å²) in [4.78, 5) is 29.2. The second kappa shape index (κ2) is 6.30. The molecule has 0 saturated carbocycles. The van der Waals surface area contributed by atoms with Crippen LogP contribution in [-0.4, -0.2) is 34.3 Å². The molecular formula is C12H18N2O4. The third-order valence-electron chi connectivity index (χ3n) is 2.74. The van der Waals surface area contributed by atoms with E-state index in [4.69, 9.17) is 9.84 Å². The number of carboxylic acids is 1. The number of nitrogens with zero attached hydrogens (tertiary/aromatic N) is 1. The number of methoxy groups -OCH3 is 1. The summed E-state index contributed by atoms with van der Waals surface area (Å²) in [5.41, 5.74) is 0.756. The van der Waals surface area contributed by atoms with Crippen molar-refractivity contribution >= 4 is 5.97 Å². The van der Waals surface area contributed by atoms with Gasteiger partial charge in [-0.2, -0.15) is 0 Å². The fourth-order valence-corrected chi connectivity index (χ4v) is 1.65. The van der Waals surface area contributed by atoms with E-state index in [0.29, 0.717) is 23.5 Å². The molecule has 0 aromatic carbocycles. The number of H-pyrrole nitrogens is 1. The van der Waals surface area contributed by atoms with Crippen LogP contribution in [0.1, 0.15) is 30.4 Å². The van der Waals surface area contributed by atoms with Crippen LogP contribution in [0.5, 0.6) is 0 Å². The minimum Gasteiger partial charge on any atom is -0.481 e. The molecule has 1 unspecified atom stereocenters. The molecule has 1 heterocycles. The number of hydrogen-bond acceptors (Lipinski definition) is 4. The van der Waals surface area contributed by atoms with Crippen molar-refractivity contribution in [2.75, 3.05) is 7.11 Å². The largest absolute Gasteiger partial charge is 0.481 e. The van der Waals surface area contributed by atoms with Crippen molar-refractivity contribution in [2.24, 2.45) is 0 Å². The minimum atomic E-state index is -0.925. The van der Waals surface area contributed by atoms with E-state index in [1.165, 1.54) is 0 Å². The first-order valence-corrected chi connectivity index (χ1v) is 5.77. The zero-order valence-electron chi connectivity index (χ0n) is 10.8. The zero-order chi connectivity index (χ0) is 13.7. The van der Waals surface area contributed by atoms with Crippen LogP contribution < -0.4 is 5.56 Å². The van der Waals surface area contributed by atoms with Crippen LogP contribution in [0.25, 0.3) is 0 Å². The van der Waals surface area contributed by atoms with Crippen LogP contribution in [0.4, 0.5) is 0 Å². The molecule has 0 fully saturated rings. The topological polar surface area (TPSA) is 92.3 Å². The molecule has 1 rings (SSSR count). The molecule has 0 spiro atoms. The fourth-order valence-electron chi connectivity index (χ4n) is 1.65. The zero-order valence-corrected chi connectivity index (χ0v) is 10.8. The van der Waals surface area contributed by atoms with Gasteiger partial charge in [-0.1, -0.05) is 0 Å². The Balaban J connectivity index is 2.90. The maximum atomic E-state index is 11.8. The Morgan fingerprint density at radius 1 is 1.56 bits per heavy atom. The smallest absolute Gasteiger partial charge is 0.303 e. The summed E-state index contributed by atoms with van der Waals surface area (Å²) < 4.78 is 5.10. The van der Waals surface area contributed by atoms with E-state index in [-0.39, 0.29) is 24.5 Å².